The first-order valence-electron chi connectivity index (χ1n) is 5.47. The lowest BCUT2D eigenvalue weighted by Crippen LogP contribution is -2.26. The van der Waals surface area contributed by atoms with Gasteiger partial charge in [-0.15, -0.1) is 0 Å². The van der Waals surface area contributed by atoms with Gasteiger partial charge in [0, 0.05) is 12.6 Å². The molecule has 0 saturated carbocycles. The van der Waals surface area contributed by atoms with E-state index in [2.05, 4.69) is 39.1 Å². The molecule has 0 radical (unpaired) electrons. The third kappa shape index (κ3) is 2.21. The highest BCUT2D eigenvalue weighted by molar-refractivity contribution is 5.45. The van der Waals surface area contributed by atoms with Gasteiger partial charge in [-0.3, -0.25) is 0 Å². The molecule has 15 heavy (non-hydrogen) atoms. The van der Waals surface area contributed by atoms with Crippen LogP contribution in [0.2, 0.25) is 0 Å². The lowest BCUT2D eigenvalue weighted by molar-refractivity contribution is 0.598. The zero-order valence-electron chi connectivity index (χ0n) is 10.4. The molecule has 0 heterocycles. The topological polar surface area (TPSA) is 38.0 Å². The molecule has 0 aliphatic heterocycles. The molecule has 0 fully saturated rings. The van der Waals surface area contributed by atoms with Crippen molar-refractivity contribution in [3.63, 3.8) is 0 Å². The SMILES string of the molecule is CNC(CN)c1c(C)c(C)cc(C)c1C. The third-order valence-corrected chi connectivity index (χ3v) is 3.36. The molecule has 0 bridgehead atoms. The summed E-state index contributed by atoms with van der Waals surface area (Å²) in [5.74, 6) is 0. The predicted octanol–water partition coefficient (Wildman–Crippen LogP) is 2.14. The number of nitrogens with one attached hydrogen (secondary N) is 1. The standard InChI is InChI=1S/C13H22N2/c1-8-6-9(2)11(4)13(10(8)3)12(7-14)15-5/h6,12,15H,7,14H2,1-5H3. The Balaban J connectivity index is 3.37. The summed E-state index contributed by atoms with van der Waals surface area (Å²) in [5.41, 5.74) is 12.6. The summed E-state index contributed by atoms with van der Waals surface area (Å²) in [6.45, 7) is 9.32. The van der Waals surface area contributed by atoms with Crippen molar-refractivity contribution in [2.24, 2.45) is 5.73 Å². The monoisotopic (exact) mass is 206 g/mol. The van der Waals surface area contributed by atoms with Crippen molar-refractivity contribution >= 4 is 0 Å². The Morgan fingerprint density at radius 2 is 1.60 bits per heavy atom. The molecule has 84 valence electrons. The van der Waals surface area contributed by atoms with Gasteiger partial charge in [-0.05, 0) is 62.6 Å². The molecular formula is C13H22N2. The van der Waals surface area contributed by atoms with Crippen molar-refractivity contribution in [1.82, 2.24) is 5.32 Å². The number of hydrogen-bond acceptors (Lipinski definition) is 2. The van der Waals surface area contributed by atoms with E-state index in [0.717, 1.165) is 0 Å². The molecule has 0 spiro atoms. The van der Waals surface area contributed by atoms with Crippen molar-refractivity contribution in [2.45, 2.75) is 33.7 Å². The Kier molecular flexibility index (Phi) is 3.89. The second kappa shape index (κ2) is 4.77. The first-order valence-corrected chi connectivity index (χ1v) is 5.47. The summed E-state index contributed by atoms with van der Waals surface area (Å²) in [6.07, 6.45) is 0. The Hall–Kier alpha value is -0.860. The fourth-order valence-electron chi connectivity index (χ4n) is 2.15. The van der Waals surface area contributed by atoms with E-state index in [4.69, 9.17) is 5.73 Å². The highest BCUT2D eigenvalue weighted by Gasteiger charge is 2.15. The average Bonchev–Trinajstić information content (AvgIpc) is 2.21. The van der Waals surface area contributed by atoms with Gasteiger partial charge in [-0.2, -0.15) is 0 Å². The van der Waals surface area contributed by atoms with Crippen LogP contribution in [0.3, 0.4) is 0 Å². The lowest BCUT2D eigenvalue weighted by atomic mass is 9.90. The van der Waals surface area contributed by atoms with Gasteiger partial charge in [0.05, 0.1) is 0 Å². The molecule has 0 aromatic heterocycles. The first-order chi connectivity index (χ1) is 7.02. The predicted molar refractivity (Wildman–Crippen MR) is 66.2 cm³/mol. The number of aryl methyl sites for hydroxylation is 2. The highest BCUT2D eigenvalue weighted by atomic mass is 14.9. The van der Waals surface area contributed by atoms with Gasteiger partial charge in [-0.25, -0.2) is 0 Å². The largest absolute Gasteiger partial charge is 0.329 e. The summed E-state index contributed by atoms with van der Waals surface area (Å²) in [4.78, 5) is 0. The number of nitrogens with two attached hydrogens (primary N) is 1. The van der Waals surface area contributed by atoms with Crippen LogP contribution < -0.4 is 11.1 Å². The van der Waals surface area contributed by atoms with E-state index < -0.39 is 0 Å². The molecule has 1 rings (SSSR count). The van der Waals surface area contributed by atoms with Crippen molar-refractivity contribution in [1.29, 1.82) is 0 Å². The van der Waals surface area contributed by atoms with Crippen LogP contribution in [0.1, 0.15) is 33.9 Å². The molecule has 0 aliphatic rings. The van der Waals surface area contributed by atoms with E-state index in [1.807, 2.05) is 7.05 Å². The second-order valence-electron chi connectivity index (χ2n) is 4.25. The quantitative estimate of drug-likeness (QED) is 0.795. The normalized spacial score (nSPS) is 12.9. The number of rotatable bonds is 3. The number of likely N-dealkylation sites (N-methyl/N-ethyl adjacent to an activating group) is 1. The minimum absolute atomic E-state index is 0.267. The molecule has 1 unspecified atom stereocenters. The maximum absolute atomic E-state index is 5.79. The van der Waals surface area contributed by atoms with E-state index in [0.29, 0.717) is 6.54 Å². The molecule has 2 heteroatoms. The summed E-state index contributed by atoms with van der Waals surface area (Å²) in [7, 11) is 1.97. The van der Waals surface area contributed by atoms with Crippen molar-refractivity contribution in [3.05, 3.63) is 33.9 Å². The van der Waals surface area contributed by atoms with Crippen LogP contribution in [-0.2, 0) is 0 Å². The van der Waals surface area contributed by atoms with Crippen LogP contribution in [0.5, 0.6) is 0 Å². The molecule has 3 N–H and O–H groups in total. The first kappa shape index (κ1) is 12.2. The maximum Gasteiger partial charge on any atom is 0.0447 e. The van der Waals surface area contributed by atoms with Gasteiger partial charge in [0.15, 0.2) is 0 Å². The van der Waals surface area contributed by atoms with Gasteiger partial charge < -0.3 is 11.1 Å². The molecule has 1 atom stereocenters. The molecule has 0 aliphatic carbocycles. The summed E-state index contributed by atoms with van der Waals surface area (Å²) < 4.78 is 0. The molecule has 1 aromatic carbocycles. The van der Waals surface area contributed by atoms with E-state index >= 15 is 0 Å². The molecule has 0 saturated heterocycles. The van der Waals surface area contributed by atoms with Crippen LogP contribution >= 0.6 is 0 Å². The van der Waals surface area contributed by atoms with E-state index in [9.17, 15) is 0 Å². The summed E-state index contributed by atoms with van der Waals surface area (Å²) in [5, 5.41) is 3.28. The van der Waals surface area contributed by atoms with Crippen LogP contribution in [0.25, 0.3) is 0 Å². The van der Waals surface area contributed by atoms with Crippen LogP contribution in [0, 0.1) is 27.7 Å². The zero-order valence-corrected chi connectivity index (χ0v) is 10.4. The fraction of sp³-hybridized carbons (Fsp3) is 0.538. The lowest BCUT2D eigenvalue weighted by Gasteiger charge is -2.22. The molecule has 2 nitrogen and oxygen atoms in total. The Bertz CT molecular complexity index is 326. The molecular weight excluding hydrogens is 184 g/mol. The van der Waals surface area contributed by atoms with Crippen molar-refractivity contribution in [3.8, 4) is 0 Å². The van der Waals surface area contributed by atoms with Gasteiger partial charge in [0.1, 0.15) is 0 Å². The minimum Gasteiger partial charge on any atom is -0.329 e. The smallest absolute Gasteiger partial charge is 0.0447 e. The van der Waals surface area contributed by atoms with Gasteiger partial charge in [0.25, 0.3) is 0 Å². The fourth-order valence-corrected chi connectivity index (χ4v) is 2.15. The van der Waals surface area contributed by atoms with Gasteiger partial charge in [0.2, 0.25) is 0 Å². The number of hydrogen-bond donors (Lipinski definition) is 2. The van der Waals surface area contributed by atoms with Crippen molar-refractivity contribution < 1.29 is 0 Å². The Labute approximate surface area is 92.9 Å². The van der Waals surface area contributed by atoms with E-state index in [1.165, 1.54) is 27.8 Å². The Morgan fingerprint density at radius 1 is 1.13 bits per heavy atom. The van der Waals surface area contributed by atoms with E-state index in [1.54, 1.807) is 0 Å². The summed E-state index contributed by atoms with van der Waals surface area (Å²) >= 11 is 0. The van der Waals surface area contributed by atoms with Crippen molar-refractivity contribution in [2.75, 3.05) is 13.6 Å². The maximum atomic E-state index is 5.79. The molecule has 0 amide bonds. The van der Waals surface area contributed by atoms with Crippen LogP contribution in [-0.4, -0.2) is 13.6 Å². The molecule has 1 aromatic rings. The summed E-state index contributed by atoms with van der Waals surface area (Å²) in [6, 6.07) is 2.51. The van der Waals surface area contributed by atoms with Crippen LogP contribution in [0.4, 0.5) is 0 Å². The zero-order chi connectivity index (χ0) is 11.6. The van der Waals surface area contributed by atoms with Gasteiger partial charge >= 0.3 is 0 Å². The van der Waals surface area contributed by atoms with Gasteiger partial charge in [-0.1, -0.05) is 6.07 Å². The average molecular weight is 206 g/mol. The van der Waals surface area contributed by atoms with E-state index in [-0.39, 0.29) is 6.04 Å². The second-order valence-corrected chi connectivity index (χ2v) is 4.25. The van der Waals surface area contributed by atoms with Crippen LogP contribution in [0.15, 0.2) is 6.07 Å². The minimum atomic E-state index is 0.267. The third-order valence-electron chi connectivity index (χ3n) is 3.36. The Morgan fingerprint density at radius 3 is 1.93 bits per heavy atom. The number of benzene rings is 1. The highest BCUT2D eigenvalue weighted by Crippen LogP contribution is 2.26.